The van der Waals surface area contributed by atoms with Crippen LogP contribution in [-0.2, 0) is 11.3 Å². The molecule has 3 heterocycles. The van der Waals surface area contributed by atoms with Crippen molar-refractivity contribution in [1.82, 2.24) is 9.47 Å². The molecule has 1 aromatic heterocycles. The number of carbonyl (C=O) groups excluding carboxylic acids is 1. The third kappa shape index (κ3) is 2.50. The molecule has 2 N–H and O–H groups in total. The molecule has 3 rings (SSSR count). The summed E-state index contributed by atoms with van der Waals surface area (Å²) in [6.07, 6.45) is 1.06. The Morgan fingerprint density at radius 2 is 2.05 bits per heavy atom. The molecule has 1 fully saturated rings. The van der Waals surface area contributed by atoms with Gasteiger partial charge in [-0.25, -0.2) is 0 Å². The molecule has 1 saturated heterocycles. The van der Waals surface area contributed by atoms with Gasteiger partial charge in [0.05, 0.1) is 6.04 Å². The molecule has 2 aliphatic rings. The predicted octanol–water partition coefficient (Wildman–Crippen LogP) is 0.777. The lowest BCUT2D eigenvalue weighted by molar-refractivity contribution is -0.136. The molecule has 0 saturated carbocycles. The molecule has 0 aromatic carbocycles. The van der Waals surface area contributed by atoms with Crippen LogP contribution in [0.3, 0.4) is 0 Å². The molecular weight excluding hydrogens is 266 g/mol. The van der Waals surface area contributed by atoms with Crippen LogP contribution in [0.5, 0.6) is 0 Å². The number of nitrogens with zero attached hydrogens (tertiary/aromatic N) is 2. The van der Waals surface area contributed by atoms with E-state index in [2.05, 4.69) is 0 Å². The average molecular weight is 289 g/mol. The zero-order valence-corrected chi connectivity index (χ0v) is 12.7. The number of carbonyl (C=O) groups is 1. The van der Waals surface area contributed by atoms with Crippen LogP contribution < -0.4 is 11.3 Å². The highest BCUT2D eigenvalue weighted by atomic mass is 16.2. The van der Waals surface area contributed by atoms with E-state index < -0.39 is 6.04 Å². The smallest absolute Gasteiger partial charge is 0.250 e. The Hall–Kier alpha value is -1.62. The lowest BCUT2D eigenvalue weighted by Crippen LogP contribution is -2.54. The van der Waals surface area contributed by atoms with Crippen molar-refractivity contribution in [3.8, 4) is 0 Å². The number of hydrogen-bond acceptors (Lipinski definition) is 3. The molecule has 5 nitrogen and oxygen atoms in total. The SMILES string of the molecule is CC(C)[C@H](N)C(=O)N1C[C@@H]2C[C@@H](C1)c1cccc(=O)n1C2. The van der Waals surface area contributed by atoms with Crippen LogP contribution in [-0.4, -0.2) is 34.5 Å². The normalized spacial score (nSPS) is 25.6. The molecule has 3 atom stereocenters. The van der Waals surface area contributed by atoms with Gasteiger partial charge < -0.3 is 15.2 Å². The van der Waals surface area contributed by atoms with E-state index in [-0.39, 0.29) is 23.3 Å². The summed E-state index contributed by atoms with van der Waals surface area (Å²) in [6, 6.07) is 5.01. The highest BCUT2D eigenvalue weighted by Gasteiger charge is 2.37. The van der Waals surface area contributed by atoms with E-state index in [1.54, 1.807) is 6.07 Å². The van der Waals surface area contributed by atoms with E-state index in [0.717, 1.165) is 18.7 Å². The zero-order chi connectivity index (χ0) is 15.1. The largest absolute Gasteiger partial charge is 0.340 e. The number of piperidine rings is 1. The monoisotopic (exact) mass is 289 g/mol. The molecule has 0 spiro atoms. The highest BCUT2D eigenvalue weighted by Crippen LogP contribution is 2.35. The van der Waals surface area contributed by atoms with Crippen LogP contribution in [0.2, 0.25) is 0 Å². The van der Waals surface area contributed by atoms with Crippen LogP contribution in [0.4, 0.5) is 0 Å². The average Bonchev–Trinajstić information content (AvgIpc) is 2.46. The van der Waals surface area contributed by atoms with Gasteiger partial charge in [0.2, 0.25) is 5.91 Å². The minimum Gasteiger partial charge on any atom is -0.340 e. The lowest BCUT2D eigenvalue weighted by atomic mass is 9.82. The van der Waals surface area contributed by atoms with E-state index in [4.69, 9.17) is 5.73 Å². The van der Waals surface area contributed by atoms with E-state index in [1.165, 1.54) is 0 Å². The Morgan fingerprint density at radius 1 is 1.29 bits per heavy atom. The Labute approximate surface area is 124 Å². The standard InChI is InChI=1S/C16H23N3O2/c1-10(2)15(17)16(21)18-7-11-6-12(9-18)13-4-3-5-14(20)19(13)8-11/h3-5,10-12,15H,6-9,17H2,1-2H3/t11-,12-,15-/m0/s1. The summed E-state index contributed by atoms with van der Waals surface area (Å²) in [5.41, 5.74) is 7.15. The first-order chi connectivity index (χ1) is 9.97. The van der Waals surface area contributed by atoms with Crippen molar-refractivity contribution in [2.24, 2.45) is 17.6 Å². The quantitative estimate of drug-likeness (QED) is 0.874. The fourth-order valence-electron chi connectivity index (χ4n) is 3.57. The first-order valence-corrected chi connectivity index (χ1v) is 7.71. The third-order valence-electron chi connectivity index (χ3n) is 4.79. The molecule has 2 aliphatic heterocycles. The van der Waals surface area contributed by atoms with Gasteiger partial charge in [-0.15, -0.1) is 0 Å². The minimum absolute atomic E-state index is 0.0476. The van der Waals surface area contributed by atoms with Gasteiger partial charge in [-0.1, -0.05) is 19.9 Å². The van der Waals surface area contributed by atoms with Crippen LogP contribution in [0.15, 0.2) is 23.0 Å². The van der Waals surface area contributed by atoms with Crippen molar-refractivity contribution in [1.29, 1.82) is 0 Å². The molecule has 5 heteroatoms. The lowest BCUT2D eigenvalue weighted by Gasteiger charge is -2.43. The van der Waals surface area contributed by atoms with Gasteiger partial charge in [0.1, 0.15) is 0 Å². The Bertz CT molecular complexity index is 608. The number of hydrogen-bond donors (Lipinski definition) is 1. The Balaban J connectivity index is 1.85. The van der Waals surface area contributed by atoms with E-state index in [1.807, 2.05) is 35.4 Å². The van der Waals surface area contributed by atoms with Crippen LogP contribution in [0, 0.1) is 11.8 Å². The predicted molar refractivity (Wildman–Crippen MR) is 80.9 cm³/mol. The molecule has 0 unspecified atom stereocenters. The molecule has 114 valence electrons. The fraction of sp³-hybridized carbons (Fsp3) is 0.625. The summed E-state index contributed by atoms with van der Waals surface area (Å²) < 4.78 is 1.88. The maximum atomic E-state index is 12.5. The number of pyridine rings is 1. The summed E-state index contributed by atoms with van der Waals surface area (Å²) in [5.74, 6) is 0.815. The van der Waals surface area contributed by atoms with E-state index >= 15 is 0 Å². The third-order valence-corrected chi connectivity index (χ3v) is 4.79. The van der Waals surface area contributed by atoms with Crippen molar-refractivity contribution in [3.63, 3.8) is 0 Å². The number of rotatable bonds is 2. The van der Waals surface area contributed by atoms with Crippen molar-refractivity contribution in [2.75, 3.05) is 13.1 Å². The Kier molecular flexibility index (Phi) is 3.61. The number of nitrogens with two attached hydrogens (primary N) is 1. The number of aromatic nitrogens is 1. The molecule has 2 bridgehead atoms. The van der Waals surface area contributed by atoms with Crippen molar-refractivity contribution in [3.05, 3.63) is 34.2 Å². The van der Waals surface area contributed by atoms with Gasteiger partial charge >= 0.3 is 0 Å². The first kappa shape index (κ1) is 14.3. The second-order valence-electron chi connectivity index (χ2n) is 6.71. The van der Waals surface area contributed by atoms with E-state index in [0.29, 0.717) is 19.0 Å². The summed E-state index contributed by atoms with van der Waals surface area (Å²) in [7, 11) is 0. The van der Waals surface area contributed by atoms with Gasteiger partial charge in [-0.05, 0) is 24.3 Å². The topological polar surface area (TPSA) is 68.3 Å². The molecule has 1 amide bonds. The van der Waals surface area contributed by atoms with Crippen molar-refractivity contribution in [2.45, 2.75) is 38.8 Å². The van der Waals surface area contributed by atoms with Crippen LogP contribution in [0.25, 0.3) is 0 Å². The van der Waals surface area contributed by atoms with E-state index in [9.17, 15) is 9.59 Å². The number of amides is 1. The van der Waals surface area contributed by atoms with Gasteiger partial charge in [0.25, 0.3) is 5.56 Å². The van der Waals surface area contributed by atoms with Crippen LogP contribution >= 0.6 is 0 Å². The van der Waals surface area contributed by atoms with Gasteiger partial charge in [0.15, 0.2) is 0 Å². The molecule has 0 radical (unpaired) electrons. The fourth-order valence-corrected chi connectivity index (χ4v) is 3.57. The second-order valence-corrected chi connectivity index (χ2v) is 6.71. The van der Waals surface area contributed by atoms with Gasteiger partial charge in [0, 0.05) is 37.3 Å². The molecule has 21 heavy (non-hydrogen) atoms. The van der Waals surface area contributed by atoms with Gasteiger partial charge in [-0.3, -0.25) is 9.59 Å². The second kappa shape index (κ2) is 5.30. The summed E-state index contributed by atoms with van der Waals surface area (Å²) in [6.45, 7) is 6.06. The maximum Gasteiger partial charge on any atom is 0.250 e. The minimum atomic E-state index is -0.429. The van der Waals surface area contributed by atoms with Gasteiger partial charge in [-0.2, -0.15) is 0 Å². The summed E-state index contributed by atoms with van der Waals surface area (Å²) in [4.78, 5) is 26.4. The molecular formula is C16H23N3O2. The van der Waals surface area contributed by atoms with Crippen LogP contribution in [0.1, 0.15) is 31.9 Å². The van der Waals surface area contributed by atoms with Crippen molar-refractivity contribution < 1.29 is 4.79 Å². The number of likely N-dealkylation sites (tertiary alicyclic amines) is 1. The molecule has 1 aromatic rings. The first-order valence-electron chi connectivity index (χ1n) is 7.71. The zero-order valence-electron chi connectivity index (χ0n) is 12.7. The summed E-state index contributed by atoms with van der Waals surface area (Å²) in [5, 5.41) is 0. The highest BCUT2D eigenvalue weighted by molar-refractivity contribution is 5.82. The summed E-state index contributed by atoms with van der Waals surface area (Å²) >= 11 is 0. The number of fused-ring (bicyclic) bond motifs is 4. The maximum absolute atomic E-state index is 12.5. The molecule has 0 aliphatic carbocycles. The van der Waals surface area contributed by atoms with Crippen molar-refractivity contribution >= 4 is 5.91 Å². The Morgan fingerprint density at radius 3 is 2.76 bits per heavy atom.